The number of carbonyl (C=O) groups is 2. The summed E-state index contributed by atoms with van der Waals surface area (Å²) in [6.45, 7) is 4.28. The van der Waals surface area contributed by atoms with E-state index >= 15 is 0 Å². The number of Topliss-reactive ketones (excluding diaryl/α,β-unsaturated/α-hetero) is 2. The fourth-order valence-corrected chi connectivity index (χ4v) is 3.15. The lowest BCUT2D eigenvalue weighted by Gasteiger charge is -2.20. The van der Waals surface area contributed by atoms with E-state index in [0.29, 0.717) is 17.5 Å². The number of fused-ring (bicyclic) bond motifs is 1. The second-order valence-electron chi connectivity index (χ2n) is 6.54. The van der Waals surface area contributed by atoms with Gasteiger partial charge in [0.2, 0.25) is 11.6 Å². The highest BCUT2D eigenvalue weighted by atomic mass is 16.3. The van der Waals surface area contributed by atoms with Crippen molar-refractivity contribution in [3.8, 4) is 0 Å². The molecule has 3 nitrogen and oxygen atoms in total. The van der Waals surface area contributed by atoms with Gasteiger partial charge in [0.25, 0.3) is 0 Å². The fraction of sp³-hybridized carbons (Fsp3) is 0.500. The first-order valence-electron chi connectivity index (χ1n) is 8.66. The third-order valence-electron chi connectivity index (χ3n) is 4.55. The van der Waals surface area contributed by atoms with Gasteiger partial charge in [0.05, 0.1) is 0 Å². The molecular formula is C20H26O3. The van der Waals surface area contributed by atoms with E-state index in [9.17, 15) is 14.7 Å². The molecule has 1 unspecified atom stereocenters. The maximum absolute atomic E-state index is 12.3. The Labute approximate surface area is 138 Å². The molecule has 0 aliphatic heterocycles. The van der Waals surface area contributed by atoms with Crippen molar-refractivity contribution in [1.29, 1.82) is 0 Å². The number of benzene rings is 1. The van der Waals surface area contributed by atoms with E-state index in [-0.39, 0.29) is 17.3 Å². The molecule has 0 saturated heterocycles. The molecule has 0 spiro atoms. The highest BCUT2D eigenvalue weighted by Gasteiger charge is 2.32. The lowest BCUT2D eigenvalue weighted by atomic mass is 9.83. The minimum Gasteiger partial charge on any atom is -0.507 e. The Morgan fingerprint density at radius 2 is 1.61 bits per heavy atom. The van der Waals surface area contributed by atoms with Gasteiger partial charge >= 0.3 is 0 Å². The SMILES string of the molecule is CCCCCCCC(C)CC1=C(O)c2ccccc2C(=O)C1=O. The Balaban J connectivity index is 2.04. The van der Waals surface area contributed by atoms with Crippen LogP contribution in [0.15, 0.2) is 29.8 Å². The third kappa shape index (κ3) is 4.10. The molecule has 23 heavy (non-hydrogen) atoms. The molecule has 1 aliphatic carbocycles. The second kappa shape index (κ2) is 8.09. The molecule has 0 radical (unpaired) electrons. The smallest absolute Gasteiger partial charge is 0.234 e. The first-order valence-corrected chi connectivity index (χ1v) is 8.66. The Kier molecular flexibility index (Phi) is 6.14. The Morgan fingerprint density at radius 3 is 2.30 bits per heavy atom. The van der Waals surface area contributed by atoms with Gasteiger partial charge in [-0.1, -0.05) is 76.6 Å². The van der Waals surface area contributed by atoms with Gasteiger partial charge in [-0.15, -0.1) is 0 Å². The van der Waals surface area contributed by atoms with Gasteiger partial charge in [-0.25, -0.2) is 0 Å². The molecule has 124 valence electrons. The topological polar surface area (TPSA) is 54.4 Å². The van der Waals surface area contributed by atoms with E-state index in [0.717, 1.165) is 12.8 Å². The minimum absolute atomic E-state index is 0.0111. The average Bonchev–Trinajstić information content (AvgIpc) is 2.56. The van der Waals surface area contributed by atoms with Crippen molar-refractivity contribution in [3.63, 3.8) is 0 Å². The average molecular weight is 314 g/mol. The van der Waals surface area contributed by atoms with Crippen molar-refractivity contribution in [2.24, 2.45) is 5.92 Å². The summed E-state index contributed by atoms with van der Waals surface area (Å²) in [4.78, 5) is 24.5. The van der Waals surface area contributed by atoms with Crippen molar-refractivity contribution in [2.45, 2.75) is 58.8 Å². The number of unbranched alkanes of at least 4 members (excludes halogenated alkanes) is 4. The van der Waals surface area contributed by atoms with Crippen LogP contribution >= 0.6 is 0 Å². The number of carbonyl (C=O) groups excluding carboxylic acids is 2. The monoisotopic (exact) mass is 314 g/mol. The molecule has 1 aromatic carbocycles. The molecule has 0 fully saturated rings. The number of aliphatic hydroxyl groups is 1. The van der Waals surface area contributed by atoms with Gasteiger partial charge < -0.3 is 5.11 Å². The van der Waals surface area contributed by atoms with E-state index in [2.05, 4.69) is 13.8 Å². The van der Waals surface area contributed by atoms with Crippen LogP contribution in [0.5, 0.6) is 0 Å². The number of hydrogen-bond donors (Lipinski definition) is 1. The van der Waals surface area contributed by atoms with Crippen LogP contribution in [0.3, 0.4) is 0 Å². The van der Waals surface area contributed by atoms with Crippen molar-refractivity contribution >= 4 is 17.3 Å². The number of ketones is 2. The molecule has 1 aromatic rings. The summed E-state index contributed by atoms with van der Waals surface area (Å²) < 4.78 is 0. The van der Waals surface area contributed by atoms with Crippen molar-refractivity contribution < 1.29 is 14.7 Å². The van der Waals surface area contributed by atoms with Crippen LogP contribution in [0.4, 0.5) is 0 Å². The van der Waals surface area contributed by atoms with Gasteiger partial charge in [-0.2, -0.15) is 0 Å². The maximum Gasteiger partial charge on any atom is 0.234 e. The molecule has 0 aromatic heterocycles. The summed E-state index contributed by atoms with van der Waals surface area (Å²) in [5.74, 6) is -0.763. The van der Waals surface area contributed by atoms with Crippen LogP contribution in [0.2, 0.25) is 0 Å². The molecule has 1 N–H and O–H groups in total. The normalized spacial score (nSPS) is 15.7. The summed E-state index contributed by atoms with van der Waals surface area (Å²) in [5, 5.41) is 10.4. The van der Waals surface area contributed by atoms with Gasteiger partial charge in [0, 0.05) is 16.7 Å². The molecule has 1 aliphatic rings. The standard InChI is InChI=1S/C20H26O3/c1-3-4-5-6-7-10-14(2)13-17-18(21)15-11-8-9-12-16(15)19(22)20(17)23/h8-9,11-12,14,21H,3-7,10,13H2,1-2H3. The van der Waals surface area contributed by atoms with Crippen LogP contribution in [0.1, 0.15) is 74.7 Å². The summed E-state index contributed by atoms with van der Waals surface area (Å²) in [6.07, 6.45) is 7.58. The van der Waals surface area contributed by atoms with Gasteiger partial charge in [0.1, 0.15) is 5.76 Å². The van der Waals surface area contributed by atoms with Crippen molar-refractivity contribution in [1.82, 2.24) is 0 Å². The number of rotatable bonds is 8. The molecule has 2 rings (SSSR count). The highest BCUT2D eigenvalue weighted by Crippen LogP contribution is 2.32. The zero-order valence-corrected chi connectivity index (χ0v) is 14.1. The van der Waals surface area contributed by atoms with E-state index in [4.69, 9.17) is 0 Å². The van der Waals surface area contributed by atoms with E-state index in [1.54, 1.807) is 24.3 Å². The summed E-state index contributed by atoms with van der Waals surface area (Å²) >= 11 is 0. The predicted octanol–water partition coefficient (Wildman–Crippen LogP) is 5.11. The predicted molar refractivity (Wildman–Crippen MR) is 92.5 cm³/mol. The molecular weight excluding hydrogens is 288 g/mol. The summed E-state index contributed by atoms with van der Waals surface area (Å²) in [5.41, 5.74) is 1.09. The largest absolute Gasteiger partial charge is 0.507 e. The van der Waals surface area contributed by atoms with Crippen LogP contribution in [0.25, 0.3) is 5.76 Å². The second-order valence-corrected chi connectivity index (χ2v) is 6.54. The minimum atomic E-state index is -0.543. The fourth-order valence-electron chi connectivity index (χ4n) is 3.15. The Bertz CT molecular complexity index is 613. The molecule has 0 amide bonds. The summed E-state index contributed by atoms with van der Waals surface area (Å²) in [7, 11) is 0. The first-order chi connectivity index (χ1) is 11.1. The van der Waals surface area contributed by atoms with Crippen molar-refractivity contribution in [3.05, 3.63) is 41.0 Å². The molecule has 3 heteroatoms. The number of aliphatic hydroxyl groups excluding tert-OH is 1. The van der Waals surface area contributed by atoms with E-state index in [1.807, 2.05) is 0 Å². The van der Waals surface area contributed by atoms with Gasteiger partial charge in [0.15, 0.2) is 0 Å². The van der Waals surface area contributed by atoms with Crippen molar-refractivity contribution in [2.75, 3.05) is 0 Å². The Hall–Kier alpha value is -1.90. The summed E-state index contributed by atoms with van der Waals surface area (Å²) in [6, 6.07) is 6.78. The molecule has 0 bridgehead atoms. The Morgan fingerprint density at radius 1 is 0.957 bits per heavy atom. The lowest BCUT2D eigenvalue weighted by molar-refractivity contribution is -0.112. The molecule has 1 atom stereocenters. The van der Waals surface area contributed by atoms with Gasteiger partial charge in [-0.05, 0) is 12.3 Å². The first kappa shape index (κ1) is 17.5. The van der Waals surface area contributed by atoms with Crippen LogP contribution in [-0.2, 0) is 4.79 Å². The maximum atomic E-state index is 12.3. The quantitative estimate of drug-likeness (QED) is 0.536. The lowest BCUT2D eigenvalue weighted by Crippen LogP contribution is -2.25. The van der Waals surface area contributed by atoms with Crippen LogP contribution in [-0.4, -0.2) is 16.7 Å². The third-order valence-corrected chi connectivity index (χ3v) is 4.55. The zero-order chi connectivity index (χ0) is 16.8. The molecule has 0 saturated carbocycles. The zero-order valence-electron chi connectivity index (χ0n) is 14.1. The number of allylic oxidation sites excluding steroid dienone is 1. The highest BCUT2D eigenvalue weighted by molar-refractivity contribution is 6.52. The van der Waals surface area contributed by atoms with E-state index in [1.165, 1.54) is 25.7 Å². The number of hydrogen-bond acceptors (Lipinski definition) is 3. The van der Waals surface area contributed by atoms with Crippen LogP contribution < -0.4 is 0 Å². The van der Waals surface area contributed by atoms with Gasteiger partial charge in [-0.3, -0.25) is 9.59 Å². The van der Waals surface area contributed by atoms with Crippen LogP contribution in [0, 0.1) is 5.92 Å². The molecule has 0 heterocycles. The van der Waals surface area contributed by atoms with E-state index < -0.39 is 11.6 Å².